The van der Waals surface area contributed by atoms with Crippen molar-refractivity contribution in [1.29, 1.82) is 0 Å². The minimum absolute atomic E-state index is 0.155. The fourth-order valence-corrected chi connectivity index (χ4v) is 4.01. The lowest BCUT2D eigenvalue weighted by molar-refractivity contribution is -0.140. The molecule has 3 aromatic carbocycles. The van der Waals surface area contributed by atoms with E-state index in [0.29, 0.717) is 5.56 Å². The molecule has 0 aliphatic rings. The molecule has 0 spiro atoms. The molecule has 0 aliphatic heterocycles. The van der Waals surface area contributed by atoms with Gasteiger partial charge in [0.2, 0.25) is 0 Å². The lowest BCUT2D eigenvalue weighted by Crippen LogP contribution is -2.14. The molecule has 7 heteroatoms. The lowest BCUT2D eigenvalue weighted by atomic mass is 9.93. The van der Waals surface area contributed by atoms with Gasteiger partial charge in [0.25, 0.3) is 0 Å². The number of halogens is 6. The summed E-state index contributed by atoms with van der Waals surface area (Å²) in [5, 5.41) is 9.49. The van der Waals surface area contributed by atoms with Crippen LogP contribution in [0.2, 0.25) is 0 Å². The second kappa shape index (κ2) is 11.1. The molecule has 1 nitrogen and oxygen atoms in total. The standard InChI is InChI=1S/C28H26F6O/c1-3-4-5-6-18-7-9-19(10-8-18)23-16-13-20(24(26(23)30)28(32,33)34)11-12-21-14-15-22(17(2)35)27(31)25(21)29/h3-4,7-10,13-17,35H,5-6,11-12H2,1-2H3/b4-3+. The fraction of sp³-hybridized carbons (Fsp3) is 0.286. The van der Waals surface area contributed by atoms with Crippen LogP contribution in [-0.4, -0.2) is 5.11 Å². The molecule has 0 aliphatic carbocycles. The fourth-order valence-electron chi connectivity index (χ4n) is 4.01. The molecule has 0 fully saturated rings. The topological polar surface area (TPSA) is 20.2 Å². The van der Waals surface area contributed by atoms with Gasteiger partial charge in [0.1, 0.15) is 5.82 Å². The van der Waals surface area contributed by atoms with E-state index in [-0.39, 0.29) is 35.1 Å². The third-order valence-corrected chi connectivity index (χ3v) is 5.92. The van der Waals surface area contributed by atoms with Crippen molar-refractivity contribution >= 4 is 0 Å². The summed E-state index contributed by atoms with van der Waals surface area (Å²) in [6, 6.07) is 11.6. The Labute approximate surface area is 200 Å². The summed E-state index contributed by atoms with van der Waals surface area (Å²) in [6.45, 7) is 3.19. The number of aliphatic hydroxyl groups is 1. The Balaban J connectivity index is 1.91. The molecule has 0 heterocycles. The van der Waals surface area contributed by atoms with Crippen molar-refractivity contribution in [2.24, 2.45) is 0 Å². The highest BCUT2D eigenvalue weighted by Gasteiger charge is 2.38. The lowest BCUT2D eigenvalue weighted by Gasteiger charge is -2.17. The monoisotopic (exact) mass is 492 g/mol. The maximum Gasteiger partial charge on any atom is 0.419 e. The SMILES string of the molecule is C/C=C/CCc1ccc(-c2ccc(CCc3ccc(C(C)O)c(F)c3F)c(C(F)(F)F)c2F)cc1. The molecule has 3 rings (SSSR count). The zero-order valence-corrected chi connectivity index (χ0v) is 19.4. The van der Waals surface area contributed by atoms with Gasteiger partial charge in [-0.15, -0.1) is 0 Å². The maximum atomic E-state index is 15.2. The average Bonchev–Trinajstić information content (AvgIpc) is 2.79. The van der Waals surface area contributed by atoms with Crippen molar-refractivity contribution in [2.75, 3.05) is 0 Å². The summed E-state index contributed by atoms with van der Waals surface area (Å²) in [6.07, 6.45) is -1.31. The summed E-state index contributed by atoms with van der Waals surface area (Å²) in [5.74, 6) is -3.87. The molecule has 0 aromatic heterocycles. The Bertz CT molecular complexity index is 1190. The number of rotatable bonds is 8. The summed E-state index contributed by atoms with van der Waals surface area (Å²) in [7, 11) is 0. The summed E-state index contributed by atoms with van der Waals surface area (Å²) in [5.41, 5.74) is -1.04. The minimum Gasteiger partial charge on any atom is -0.389 e. The Morgan fingerprint density at radius 3 is 2.03 bits per heavy atom. The van der Waals surface area contributed by atoms with Crippen LogP contribution in [0.25, 0.3) is 11.1 Å². The van der Waals surface area contributed by atoms with Crippen molar-refractivity contribution in [3.8, 4) is 11.1 Å². The number of benzene rings is 3. The first-order valence-electron chi connectivity index (χ1n) is 11.3. The van der Waals surface area contributed by atoms with Crippen LogP contribution in [-0.2, 0) is 25.4 Å². The van der Waals surface area contributed by atoms with Crippen molar-refractivity contribution in [1.82, 2.24) is 0 Å². The van der Waals surface area contributed by atoms with Crippen molar-refractivity contribution in [3.63, 3.8) is 0 Å². The predicted molar refractivity (Wildman–Crippen MR) is 124 cm³/mol. The van der Waals surface area contributed by atoms with Gasteiger partial charge >= 0.3 is 6.18 Å². The Morgan fingerprint density at radius 2 is 1.43 bits per heavy atom. The van der Waals surface area contributed by atoms with Gasteiger partial charge in [-0.05, 0) is 61.8 Å². The molecular weight excluding hydrogens is 466 g/mol. The number of allylic oxidation sites excluding steroid dienone is 2. The van der Waals surface area contributed by atoms with Crippen LogP contribution in [0, 0.1) is 17.5 Å². The van der Waals surface area contributed by atoms with Gasteiger partial charge in [0, 0.05) is 11.1 Å². The first kappa shape index (κ1) is 26.5. The minimum atomic E-state index is -4.97. The van der Waals surface area contributed by atoms with E-state index in [1.54, 1.807) is 24.3 Å². The Morgan fingerprint density at radius 1 is 0.800 bits per heavy atom. The Kier molecular flexibility index (Phi) is 8.43. The second-order valence-corrected chi connectivity index (χ2v) is 8.38. The molecule has 35 heavy (non-hydrogen) atoms. The van der Waals surface area contributed by atoms with E-state index in [1.807, 2.05) is 19.1 Å². The number of alkyl halides is 3. The largest absolute Gasteiger partial charge is 0.419 e. The van der Waals surface area contributed by atoms with E-state index in [1.165, 1.54) is 31.2 Å². The number of aryl methyl sites for hydroxylation is 3. The molecule has 186 valence electrons. The van der Waals surface area contributed by atoms with E-state index < -0.39 is 35.3 Å². The zero-order valence-electron chi connectivity index (χ0n) is 19.4. The molecule has 3 aromatic rings. The molecule has 0 bridgehead atoms. The number of hydrogen-bond donors (Lipinski definition) is 1. The van der Waals surface area contributed by atoms with Crippen LogP contribution < -0.4 is 0 Å². The highest BCUT2D eigenvalue weighted by molar-refractivity contribution is 5.66. The van der Waals surface area contributed by atoms with Gasteiger partial charge in [-0.1, -0.05) is 60.7 Å². The normalized spacial score (nSPS) is 12.9. The van der Waals surface area contributed by atoms with Crippen LogP contribution in [0.5, 0.6) is 0 Å². The second-order valence-electron chi connectivity index (χ2n) is 8.38. The van der Waals surface area contributed by atoms with E-state index in [0.717, 1.165) is 18.4 Å². The number of hydrogen-bond acceptors (Lipinski definition) is 1. The third-order valence-electron chi connectivity index (χ3n) is 5.92. The van der Waals surface area contributed by atoms with Crippen LogP contribution >= 0.6 is 0 Å². The molecule has 1 atom stereocenters. The van der Waals surface area contributed by atoms with Crippen LogP contribution in [0.1, 0.15) is 54.2 Å². The smallest absolute Gasteiger partial charge is 0.389 e. The van der Waals surface area contributed by atoms with Gasteiger partial charge in [0.15, 0.2) is 11.6 Å². The van der Waals surface area contributed by atoms with Crippen molar-refractivity contribution < 1.29 is 31.4 Å². The zero-order chi connectivity index (χ0) is 25.8. The quantitative estimate of drug-likeness (QED) is 0.249. The van der Waals surface area contributed by atoms with Gasteiger partial charge in [-0.2, -0.15) is 13.2 Å². The van der Waals surface area contributed by atoms with Crippen LogP contribution in [0.15, 0.2) is 60.7 Å². The van der Waals surface area contributed by atoms with Crippen molar-refractivity contribution in [2.45, 2.75) is 51.8 Å². The molecule has 0 radical (unpaired) electrons. The van der Waals surface area contributed by atoms with E-state index in [2.05, 4.69) is 0 Å². The average molecular weight is 493 g/mol. The Hall–Kier alpha value is -3.06. The van der Waals surface area contributed by atoms with Crippen molar-refractivity contribution in [3.05, 3.63) is 106 Å². The van der Waals surface area contributed by atoms with Gasteiger partial charge < -0.3 is 5.11 Å². The third kappa shape index (κ3) is 6.14. The maximum absolute atomic E-state index is 15.2. The molecular formula is C28H26F6O. The molecule has 0 saturated carbocycles. The molecule has 1 unspecified atom stereocenters. The highest BCUT2D eigenvalue weighted by Crippen LogP contribution is 2.39. The van der Waals surface area contributed by atoms with Gasteiger partial charge in [-0.25, -0.2) is 13.2 Å². The van der Waals surface area contributed by atoms with E-state index in [9.17, 15) is 27.1 Å². The first-order valence-corrected chi connectivity index (χ1v) is 11.3. The van der Waals surface area contributed by atoms with E-state index >= 15 is 4.39 Å². The van der Waals surface area contributed by atoms with Gasteiger partial charge in [0.05, 0.1) is 11.7 Å². The predicted octanol–water partition coefficient (Wildman–Crippen LogP) is 8.14. The van der Waals surface area contributed by atoms with Gasteiger partial charge in [-0.3, -0.25) is 0 Å². The molecule has 0 amide bonds. The molecule has 1 N–H and O–H groups in total. The van der Waals surface area contributed by atoms with Crippen LogP contribution in [0.4, 0.5) is 26.3 Å². The summed E-state index contributed by atoms with van der Waals surface area (Å²) < 4.78 is 85.2. The number of aliphatic hydroxyl groups excluding tert-OH is 1. The molecule has 0 saturated heterocycles. The summed E-state index contributed by atoms with van der Waals surface area (Å²) in [4.78, 5) is 0. The van der Waals surface area contributed by atoms with E-state index in [4.69, 9.17) is 0 Å². The van der Waals surface area contributed by atoms with Crippen LogP contribution in [0.3, 0.4) is 0 Å². The first-order chi connectivity index (χ1) is 16.5. The summed E-state index contributed by atoms with van der Waals surface area (Å²) >= 11 is 0. The highest BCUT2D eigenvalue weighted by atomic mass is 19.4.